The van der Waals surface area contributed by atoms with E-state index < -0.39 is 17.1 Å². The van der Waals surface area contributed by atoms with Gasteiger partial charge in [-0.2, -0.15) is 0 Å². The van der Waals surface area contributed by atoms with Gasteiger partial charge in [-0.1, -0.05) is 20.8 Å². The molecule has 5 rings (SSSR count). The highest BCUT2D eigenvalue weighted by Crippen LogP contribution is 2.70. The van der Waals surface area contributed by atoms with Crippen molar-refractivity contribution in [3.05, 3.63) is 0 Å². The standard InChI is InChI=1S/C24H36O6/c1-12-20-18(30-21(12)27)10-17-15-9-19(26)24(28)11-14(29-13(2)25)5-8-23(24,4)16(15)6-7-22(17,20)3/h12,14-20,26,28H,5-11H2,1-4H3/t12-,14-,15+,16-,17-,18?,19+,20?,22-,23+,24-/m0/s1. The van der Waals surface area contributed by atoms with Crippen LogP contribution in [-0.4, -0.2) is 46.1 Å². The molecular weight excluding hydrogens is 384 g/mol. The number of aliphatic hydroxyl groups is 2. The predicted molar refractivity (Wildman–Crippen MR) is 108 cm³/mol. The molecule has 0 bridgehead atoms. The molecule has 4 aliphatic carbocycles. The van der Waals surface area contributed by atoms with Crippen molar-refractivity contribution in [3.8, 4) is 0 Å². The molecular formula is C24H36O6. The van der Waals surface area contributed by atoms with Crippen LogP contribution in [0.1, 0.15) is 72.6 Å². The molecule has 0 spiro atoms. The first-order chi connectivity index (χ1) is 14.0. The normalized spacial score (nSPS) is 56.9. The van der Waals surface area contributed by atoms with E-state index in [1.807, 2.05) is 6.92 Å². The van der Waals surface area contributed by atoms with Gasteiger partial charge in [0.05, 0.1) is 17.6 Å². The van der Waals surface area contributed by atoms with Gasteiger partial charge in [-0.25, -0.2) is 0 Å². The molecule has 1 saturated heterocycles. The fraction of sp³-hybridized carbons (Fsp3) is 0.917. The Labute approximate surface area is 178 Å². The Hall–Kier alpha value is -1.14. The fourth-order valence-corrected chi connectivity index (χ4v) is 9.02. The van der Waals surface area contributed by atoms with Gasteiger partial charge in [-0.05, 0) is 61.7 Å². The molecule has 5 aliphatic rings. The summed E-state index contributed by atoms with van der Waals surface area (Å²) in [6, 6.07) is 0. The zero-order valence-corrected chi connectivity index (χ0v) is 18.6. The molecule has 6 heteroatoms. The van der Waals surface area contributed by atoms with E-state index in [0.29, 0.717) is 30.6 Å². The van der Waals surface area contributed by atoms with Crippen molar-refractivity contribution in [2.75, 3.05) is 0 Å². The van der Waals surface area contributed by atoms with Crippen molar-refractivity contribution in [1.82, 2.24) is 0 Å². The van der Waals surface area contributed by atoms with Crippen molar-refractivity contribution >= 4 is 11.9 Å². The van der Waals surface area contributed by atoms with Crippen molar-refractivity contribution in [1.29, 1.82) is 0 Å². The van der Waals surface area contributed by atoms with E-state index in [2.05, 4.69) is 13.8 Å². The number of rotatable bonds is 1. The summed E-state index contributed by atoms with van der Waals surface area (Å²) < 4.78 is 11.2. The molecule has 30 heavy (non-hydrogen) atoms. The van der Waals surface area contributed by atoms with E-state index in [0.717, 1.165) is 32.1 Å². The quantitative estimate of drug-likeness (QED) is 0.634. The minimum Gasteiger partial charge on any atom is -0.462 e. The fourth-order valence-electron chi connectivity index (χ4n) is 9.02. The predicted octanol–water partition coefficient (Wildman–Crippen LogP) is 2.83. The lowest BCUT2D eigenvalue weighted by atomic mass is 9.42. The molecule has 2 N–H and O–H groups in total. The van der Waals surface area contributed by atoms with Gasteiger partial charge in [0, 0.05) is 24.7 Å². The van der Waals surface area contributed by atoms with Crippen molar-refractivity contribution in [3.63, 3.8) is 0 Å². The van der Waals surface area contributed by atoms with Crippen LogP contribution in [0.5, 0.6) is 0 Å². The van der Waals surface area contributed by atoms with E-state index in [1.165, 1.54) is 6.92 Å². The maximum absolute atomic E-state index is 12.2. The highest BCUT2D eigenvalue weighted by Gasteiger charge is 2.70. The molecule has 5 fully saturated rings. The Kier molecular flexibility index (Phi) is 4.45. The molecule has 0 aromatic heterocycles. The van der Waals surface area contributed by atoms with Crippen LogP contribution >= 0.6 is 0 Å². The number of carbonyl (C=O) groups excluding carboxylic acids is 2. The second-order valence-corrected chi connectivity index (χ2v) is 11.5. The van der Waals surface area contributed by atoms with Crippen LogP contribution in [0.25, 0.3) is 0 Å². The molecule has 0 aromatic carbocycles. The first-order valence-electron chi connectivity index (χ1n) is 11.8. The minimum atomic E-state index is -1.23. The van der Waals surface area contributed by atoms with E-state index in [9.17, 15) is 19.8 Å². The summed E-state index contributed by atoms with van der Waals surface area (Å²) in [6.45, 7) is 7.90. The number of aliphatic hydroxyl groups excluding tert-OH is 1. The third kappa shape index (κ3) is 2.49. The van der Waals surface area contributed by atoms with Gasteiger partial charge in [0.1, 0.15) is 12.2 Å². The van der Waals surface area contributed by atoms with Gasteiger partial charge < -0.3 is 19.7 Å². The number of esters is 2. The summed E-state index contributed by atoms with van der Waals surface area (Å²) in [4.78, 5) is 23.7. The minimum absolute atomic E-state index is 0.00621. The van der Waals surface area contributed by atoms with Crippen LogP contribution < -0.4 is 0 Å². The maximum atomic E-state index is 12.2. The third-order valence-corrected chi connectivity index (χ3v) is 10.4. The van der Waals surface area contributed by atoms with Gasteiger partial charge in [0.25, 0.3) is 0 Å². The van der Waals surface area contributed by atoms with Crippen LogP contribution in [0.3, 0.4) is 0 Å². The van der Waals surface area contributed by atoms with E-state index in [4.69, 9.17) is 9.47 Å². The van der Waals surface area contributed by atoms with E-state index in [1.54, 1.807) is 0 Å². The Morgan fingerprint density at radius 3 is 2.60 bits per heavy atom. The Bertz CT molecular complexity index is 767. The molecule has 0 radical (unpaired) electrons. The van der Waals surface area contributed by atoms with E-state index in [-0.39, 0.29) is 41.4 Å². The molecule has 1 aliphatic heterocycles. The maximum Gasteiger partial charge on any atom is 0.309 e. The molecule has 2 unspecified atom stereocenters. The van der Waals surface area contributed by atoms with Crippen molar-refractivity contribution < 1.29 is 29.3 Å². The highest BCUT2D eigenvalue weighted by molar-refractivity contribution is 5.75. The first kappa shape index (κ1) is 20.7. The molecule has 0 aromatic rings. The number of hydrogen-bond donors (Lipinski definition) is 2. The Morgan fingerprint density at radius 2 is 1.90 bits per heavy atom. The Balaban J connectivity index is 1.45. The number of hydrogen-bond acceptors (Lipinski definition) is 6. The lowest BCUT2D eigenvalue weighted by Gasteiger charge is -2.65. The highest BCUT2D eigenvalue weighted by atomic mass is 16.6. The average molecular weight is 421 g/mol. The van der Waals surface area contributed by atoms with Crippen LogP contribution in [0.15, 0.2) is 0 Å². The lowest BCUT2D eigenvalue weighted by Crippen LogP contribution is -2.68. The number of fused-ring (bicyclic) bond motifs is 7. The average Bonchev–Trinajstić information content (AvgIpc) is 3.11. The summed E-state index contributed by atoms with van der Waals surface area (Å²) >= 11 is 0. The topological polar surface area (TPSA) is 93.1 Å². The van der Waals surface area contributed by atoms with Crippen molar-refractivity contribution in [2.45, 2.75) is 96.6 Å². The summed E-state index contributed by atoms with van der Waals surface area (Å²) in [5, 5.41) is 23.0. The SMILES string of the molecule is CC(=O)O[C@H]1CC[C@]2(C)[C@H]3CC[C@]4(C)C5C(C[C@H]4[C@@H]3C[C@@H](O)[C@@]2(O)C1)OC(=O)[C@H]5C. The number of carbonyl (C=O) groups is 2. The van der Waals surface area contributed by atoms with Crippen LogP contribution in [0.2, 0.25) is 0 Å². The zero-order chi connectivity index (χ0) is 21.6. The van der Waals surface area contributed by atoms with E-state index >= 15 is 0 Å². The van der Waals surface area contributed by atoms with Crippen LogP contribution in [-0.2, 0) is 19.1 Å². The third-order valence-electron chi connectivity index (χ3n) is 10.4. The van der Waals surface area contributed by atoms with Gasteiger partial charge in [0.2, 0.25) is 0 Å². The molecule has 4 saturated carbocycles. The number of ether oxygens (including phenoxy) is 2. The summed E-state index contributed by atoms with van der Waals surface area (Å²) in [6.07, 6.45) is 4.15. The van der Waals surface area contributed by atoms with Crippen molar-refractivity contribution in [2.24, 2.45) is 40.4 Å². The molecule has 11 atom stereocenters. The summed E-state index contributed by atoms with van der Waals surface area (Å²) in [5.41, 5.74) is -1.57. The van der Waals surface area contributed by atoms with Gasteiger partial charge in [-0.3, -0.25) is 9.59 Å². The second kappa shape index (κ2) is 6.44. The second-order valence-electron chi connectivity index (χ2n) is 11.5. The largest absolute Gasteiger partial charge is 0.462 e. The summed E-state index contributed by atoms with van der Waals surface area (Å²) in [5.74, 6) is 0.885. The molecule has 6 nitrogen and oxygen atoms in total. The van der Waals surface area contributed by atoms with Gasteiger partial charge >= 0.3 is 11.9 Å². The van der Waals surface area contributed by atoms with Gasteiger partial charge in [0.15, 0.2) is 0 Å². The van der Waals surface area contributed by atoms with Crippen LogP contribution in [0, 0.1) is 40.4 Å². The summed E-state index contributed by atoms with van der Waals surface area (Å²) in [7, 11) is 0. The molecule has 168 valence electrons. The van der Waals surface area contributed by atoms with Crippen LogP contribution in [0.4, 0.5) is 0 Å². The lowest BCUT2D eigenvalue weighted by molar-refractivity contribution is -0.266. The van der Waals surface area contributed by atoms with Gasteiger partial charge in [-0.15, -0.1) is 0 Å². The zero-order valence-electron chi connectivity index (χ0n) is 18.6. The molecule has 0 amide bonds. The monoisotopic (exact) mass is 420 g/mol. The Morgan fingerprint density at radius 1 is 1.17 bits per heavy atom. The smallest absolute Gasteiger partial charge is 0.309 e. The first-order valence-corrected chi connectivity index (χ1v) is 11.8. The molecule has 1 heterocycles.